The molecule has 4 heteroatoms. The van der Waals surface area contributed by atoms with Gasteiger partial charge in [0.25, 0.3) is 0 Å². The highest BCUT2D eigenvalue weighted by Crippen LogP contribution is 2.18. The topological polar surface area (TPSA) is 43.3 Å². The summed E-state index contributed by atoms with van der Waals surface area (Å²) in [7, 11) is 0. The molecule has 0 aliphatic carbocycles. The van der Waals surface area contributed by atoms with Crippen LogP contribution in [-0.4, -0.2) is 14.6 Å². The monoisotopic (exact) mass is 199 g/mol. The summed E-state index contributed by atoms with van der Waals surface area (Å²) in [4.78, 5) is 4.34. The molecule has 0 amide bonds. The summed E-state index contributed by atoms with van der Waals surface area (Å²) < 4.78 is 6.96. The Morgan fingerprint density at radius 2 is 2.00 bits per heavy atom. The number of aromatic nitrogens is 3. The Balaban J connectivity index is 2.16. The molecule has 0 N–H and O–H groups in total. The van der Waals surface area contributed by atoms with E-state index in [-0.39, 0.29) is 0 Å². The van der Waals surface area contributed by atoms with Gasteiger partial charge >= 0.3 is 5.84 Å². The zero-order valence-corrected chi connectivity index (χ0v) is 8.21. The second-order valence-electron chi connectivity index (χ2n) is 3.34. The molecular weight excluding hydrogens is 190 g/mol. The van der Waals surface area contributed by atoms with Gasteiger partial charge in [0.05, 0.1) is 11.9 Å². The van der Waals surface area contributed by atoms with Crippen LogP contribution in [0.4, 0.5) is 0 Å². The van der Waals surface area contributed by atoms with Gasteiger partial charge in [-0.15, -0.1) is 5.10 Å². The lowest BCUT2D eigenvalue weighted by atomic mass is 10.2. The predicted molar refractivity (Wildman–Crippen MR) is 55.4 cm³/mol. The third kappa shape index (κ3) is 1.30. The Hall–Kier alpha value is -2.10. The van der Waals surface area contributed by atoms with Crippen molar-refractivity contribution in [3.05, 3.63) is 42.4 Å². The van der Waals surface area contributed by atoms with Crippen molar-refractivity contribution in [1.29, 1.82) is 0 Å². The first-order chi connectivity index (χ1) is 7.33. The summed E-state index contributed by atoms with van der Waals surface area (Å²) in [5.74, 6) is 1.16. The van der Waals surface area contributed by atoms with Gasteiger partial charge in [-0.2, -0.15) is 9.50 Å². The van der Waals surface area contributed by atoms with Gasteiger partial charge < -0.3 is 4.42 Å². The van der Waals surface area contributed by atoms with Crippen molar-refractivity contribution >= 4 is 5.84 Å². The third-order valence-electron chi connectivity index (χ3n) is 2.21. The molecule has 15 heavy (non-hydrogen) atoms. The summed E-state index contributed by atoms with van der Waals surface area (Å²) in [5, 5.41) is 4.15. The van der Waals surface area contributed by atoms with Crippen LogP contribution in [0.2, 0.25) is 0 Å². The first-order valence-corrected chi connectivity index (χ1v) is 4.71. The maximum Gasteiger partial charge on any atom is 0.325 e. The molecule has 0 unspecified atom stereocenters. The molecule has 0 radical (unpaired) electrons. The molecule has 0 saturated heterocycles. The van der Waals surface area contributed by atoms with Gasteiger partial charge in [0, 0.05) is 12.5 Å². The molecule has 2 heterocycles. The number of benzene rings is 1. The minimum Gasteiger partial charge on any atom is -0.408 e. The fraction of sp³-hybridized carbons (Fsp3) is 0.0909. The number of nitrogens with zero attached hydrogens (tertiary/aromatic N) is 3. The summed E-state index contributed by atoms with van der Waals surface area (Å²) in [5.41, 5.74) is 1.94. The molecule has 74 valence electrons. The van der Waals surface area contributed by atoms with E-state index in [2.05, 4.69) is 10.1 Å². The van der Waals surface area contributed by atoms with Gasteiger partial charge in [-0.05, 0) is 0 Å². The molecule has 2 aromatic heterocycles. The largest absolute Gasteiger partial charge is 0.408 e. The maximum absolute atomic E-state index is 5.31. The van der Waals surface area contributed by atoms with Crippen LogP contribution >= 0.6 is 0 Å². The van der Waals surface area contributed by atoms with Crippen molar-refractivity contribution in [3.8, 4) is 11.3 Å². The van der Waals surface area contributed by atoms with E-state index in [1.807, 2.05) is 36.5 Å². The van der Waals surface area contributed by atoms with E-state index in [0.717, 1.165) is 11.3 Å². The Morgan fingerprint density at radius 1 is 1.20 bits per heavy atom. The predicted octanol–water partition coefficient (Wildman–Crippen LogP) is 2.30. The number of hydrogen-bond acceptors (Lipinski definition) is 3. The quantitative estimate of drug-likeness (QED) is 0.604. The van der Waals surface area contributed by atoms with Crippen LogP contribution in [0.3, 0.4) is 0 Å². The molecule has 0 spiro atoms. The van der Waals surface area contributed by atoms with E-state index in [4.69, 9.17) is 4.42 Å². The van der Waals surface area contributed by atoms with Crippen LogP contribution in [0.15, 0.2) is 40.9 Å². The summed E-state index contributed by atoms with van der Waals surface area (Å²) in [6, 6.07) is 9.96. The van der Waals surface area contributed by atoms with Gasteiger partial charge in [-0.25, -0.2) is 0 Å². The molecule has 0 aliphatic rings. The highest BCUT2D eigenvalue weighted by atomic mass is 16.4. The van der Waals surface area contributed by atoms with Gasteiger partial charge in [0.2, 0.25) is 5.89 Å². The molecule has 1 aromatic carbocycles. The van der Waals surface area contributed by atoms with Crippen molar-refractivity contribution in [2.75, 3.05) is 0 Å². The minimum absolute atomic E-state index is 0.534. The van der Waals surface area contributed by atoms with Gasteiger partial charge in [0.15, 0.2) is 0 Å². The molecule has 0 aliphatic heterocycles. The van der Waals surface area contributed by atoms with E-state index >= 15 is 0 Å². The van der Waals surface area contributed by atoms with E-state index in [9.17, 15) is 0 Å². The fourth-order valence-electron chi connectivity index (χ4n) is 1.55. The van der Waals surface area contributed by atoms with Crippen molar-refractivity contribution in [2.24, 2.45) is 0 Å². The normalized spacial score (nSPS) is 11.0. The van der Waals surface area contributed by atoms with Crippen LogP contribution in [-0.2, 0) is 0 Å². The third-order valence-corrected chi connectivity index (χ3v) is 2.21. The van der Waals surface area contributed by atoms with Gasteiger partial charge in [-0.1, -0.05) is 30.3 Å². The molecule has 0 atom stereocenters. The molecule has 3 aromatic rings. The molecule has 0 fully saturated rings. The van der Waals surface area contributed by atoms with Crippen LogP contribution in [0.25, 0.3) is 17.1 Å². The van der Waals surface area contributed by atoms with Gasteiger partial charge in [-0.3, -0.25) is 0 Å². The summed E-state index contributed by atoms with van der Waals surface area (Å²) in [6.45, 7) is 1.80. The lowest BCUT2D eigenvalue weighted by molar-refractivity contribution is 0.551. The molecular formula is C11H9N3O. The smallest absolute Gasteiger partial charge is 0.325 e. The maximum atomic E-state index is 5.31. The van der Waals surface area contributed by atoms with Crippen molar-refractivity contribution in [3.63, 3.8) is 0 Å². The number of rotatable bonds is 1. The number of hydrogen-bond donors (Lipinski definition) is 0. The van der Waals surface area contributed by atoms with E-state index in [1.165, 1.54) is 0 Å². The SMILES string of the molecule is Cc1nn2cc(-c3ccccc3)nc2o1. The molecule has 0 saturated carbocycles. The van der Waals surface area contributed by atoms with Crippen LogP contribution in [0.5, 0.6) is 0 Å². The van der Waals surface area contributed by atoms with Crippen molar-refractivity contribution in [1.82, 2.24) is 14.6 Å². The highest BCUT2D eigenvalue weighted by molar-refractivity contribution is 5.60. The summed E-state index contributed by atoms with van der Waals surface area (Å²) >= 11 is 0. The fourth-order valence-corrected chi connectivity index (χ4v) is 1.55. The Morgan fingerprint density at radius 3 is 2.73 bits per heavy atom. The lowest BCUT2D eigenvalue weighted by Crippen LogP contribution is -1.80. The van der Waals surface area contributed by atoms with Crippen molar-refractivity contribution in [2.45, 2.75) is 6.92 Å². The van der Waals surface area contributed by atoms with Crippen LogP contribution < -0.4 is 0 Å². The second kappa shape index (κ2) is 2.95. The molecule has 0 bridgehead atoms. The first kappa shape index (κ1) is 8.23. The van der Waals surface area contributed by atoms with Crippen molar-refractivity contribution < 1.29 is 4.42 Å². The Bertz CT molecular complexity index is 563. The molecule has 3 rings (SSSR count). The Kier molecular flexibility index (Phi) is 1.62. The number of fused-ring (bicyclic) bond motifs is 1. The highest BCUT2D eigenvalue weighted by Gasteiger charge is 2.07. The number of aryl methyl sites for hydroxylation is 1. The zero-order chi connectivity index (χ0) is 10.3. The first-order valence-electron chi connectivity index (χ1n) is 4.71. The zero-order valence-electron chi connectivity index (χ0n) is 8.21. The average molecular weight is 199 g/mol. The minimum atomic E-state index is 0.534. The summed E-state index contributed by atoms with van der Waals surface area (Å²) in [6.07, 6.45) is 1.86. The van der Waals surface area contributed by atoms with Crippen LogP contribution in [0, 0.1) is 6.92 Å². The lowest BCUT2D eigenvalue weighted by Gasteiger charge is -1.92. The molecule has 4 nitrogen and oxygen atoms in total. The Labute approximate surface area is 86.2 Å². The standard InChI is InChI=1S/C11H9N3O/c1-8-13-14-7-10(12-11(14)15-8)9-5-3-2-4-6-9/h2-7H,1H3. The van der Waals surface area contributed by atoms with Gasteiger partial charge in [0.1, 0.15) is 0 Å². The average Bonchev–Trinajstić information content (AvgIpc) is 2.76. The van der Waals surface area contributed by atoms with E-state index < -0.39 is 0 Å². The number of imidazole rings is 1. The van der Waals surface area contributed by atoms with Crippen LogP contribution in [0.1, 0.15) is 5.89 Å². The second-order valence-corrected chi connectivity index (χ2v) is 3.34. The van der Waals surface area contributed by atoms with E-state index in [0.29, 0.717) is 11.7 Å². The van der Waals surface area contributed by atoms with E-state index in [1.54, 1.807) is 11.4 Å².